The Bertz CT molecular complexity index is 217. The van der Waals surface area contributed by atoms with Crippen LogP contribution >= 0.6 is 0 Å². The van der Waals surface area contributed by atoms with Crippen molar-refractivity contribution in [3.8, 4) is 6.07 Å². The van der Waals surface area contributed by atoms with E-state index in [1.807, 2.05) is 0 Å². The van der Waals surface area contributed by atoms with Crippen LogP contribution in [0, 0.1) is 11.3 Å². The maximum Gasteiger partial charge on any atom is 0.122 e. The fourth-order valence-electron chi connectivity index (χ4n) is 2.04. The van der Waals surface area contributed by atoms with Crippen LogP contribution in [0.15, 0.2) is 0 Å². The Kier molecular flexibility index (Phi) is 6.39. The van der Waals surface area contributed by atoms with Crippen molar-refractivity contribution < 1.29 is 4.74 Å². The minimum atomic E-state index is -0.141. The van der Waals surface area contributed by atoms with E-state index in [9.17, 15) is 0 Å². The third-order valence-corrected chi connectivity index (χ3v) is 3.16. The third-order valence-electron chi connectivity index (χ3n) is 3.16. The van der Waals surface area contributed by atoms with E-state index in [0.717, 1.165) is 45.6 Å². The van der Waals surface area contributed by atoms with Gasteiger partial charge in [0.2, 0.25) is 0 Å². The van der Waals surface area contributed by atoms with Gasteiger partial charge >= 0.3 is 0 Å². The van der Waals surface area contributed by atoms with Gasteiger partial charge in [-0.15, -0.1) is 0 Å². The summed E-state index contributed by atoms with van der Waals surface area (Å²) in [5.74, 6) is 0. The molecule has 0 bridgehead atoms. The maximum absolute atomic E-state index is 9.06. The van der Waals surface area contributed by atoms with E-state index >= 15 is 0 Å². The Morgan fingerprint density at radius 2 is 2.25 bits per heavy atom. The fourth-order valence-corrected chi connectivity index (χ4v) is 2.04. The van der Waals surface area contributed by atoms with Crippen LogP contribution in [-0.2, 0) is 4.74 Å². The van der Waals surface area contributed by atoms with E-state index in [4.69, 9.17) is 10.00 Å². The highest BCUT2D eigenvalue weighted by atomic mass is 16.5. The number of hydrogen-bond donors (Lipinski definition) is 1. The molecule has 2 unspecified atom stereocenters. The minimum Gasteiger partial charge on any atom is -0.375 e. The third kappa shape index (κ3) is 4.09. The molecule has 2 atom stereocenters. The first-order valence-electron chi connectivity index (χ1n) is 6.28. The van der Waals surface area contributed by atoms with Gasteiger partial charge in [-0.2, -0.15) is 5.26 Å². The van der Waals surface area contributed by atoms with Crippen molar-refractivity contribution in [2.75, 3.05) is 32.8 Å². The molecule has 0 amide bonds. The standard InChI is InChI=1S/C12H23N3O/c1-3-15(4-2)8-7-14-11(10-13)12-6-5-9-16-12/h11-12,14H,3-9H2,1-2H3. The molecule has 4 heteroatoms. The van der Waals surface area contributed by atoms with Crippen LogP contribution in [0.3, 0.4) is 0 Å². The first-order valence-corrected chi connectivity index (χ1v) is 6.28. The quantitative estimate of drug-likeness (QED) is 0.702. The van der Waals surface area contributed by atoms with Crippen LogP contribution in [0.5, 0.6) is 0 Å². The van der Waals surface area contributed by atoms with Gasteiger partial charge in [-0.25, -0.2) is 0 Å². The van der Waals surface area contributed by atoms with Gasteiger partial charge in [0.15, 0.2) is 0 Å². The smallest absolute Gasteiger partial charge is 0.122 e. The van der Waals surface area contributed by atoms with Crippen LogP contribution in [0.2, 0.25) is 0 Å². The summed E-state index contributed by atoms with van der Waals surface area (Å²) in [4.78, 5) is 2.34. The zero-order valence-electron chi connectivity index (χ0n) is 10.4. The Labute approximate surface area is 98.6 Å². The number of nitrogens with one attached hydrogen (secondary N) is 1. The molecule has 0 radical (unpaired) electrons. The van der Waals surface area contributed by atoms with Crippen molar-refractivity contribution >= 4 is 0 Å². The van der Waals surface area contributed by atoms with Gasteiger partial charge in [0, 0.05) is 19.7 Å². The second kappa shape index (κ2) is 7.61. The molecule has 1 heterocycles. The van der Waals surface area contributed by atoms with E-state index < -0.39 is 0 Å². The van der Waals surface area contributed by atoms with E-state index in [1.165, 1.54) is 0 Å². The van der Waals surface area contributed by atoms with Gasteiger partial charge in [0.25, 0.3) is 0 Å². The molecule has 1 aliphatic heterocycles. The summed E-state index contributed by atoms with van der Waals surface area (Å²) in [6.45, 7) is 9.11. The maximum atomic E-state index is 9.06. The molecule has 1 rings (SSSR count). The molecule has 16 heavy (non-hydrogen) atoms. The second-order valence-electron chi connectivity index (χ2n) is 4.14. The average molecular weight is 225 g/mol. The molecule has 0 aromatic carbocycles. The Morgan fingerprint density at radius 1 is 1.50 bits per heavy atom. The Hall–Kier alpha value is -0.630. The number of nitriles is 1. The van der Waals surface area contributed by atoms with E-state index in [1.54, 1.807) is 0 Å². The Morgan fingerprint density at radius 3 is 2.75 bits per heavy atom. The highest BCUT2D eigenvalue weighted by Gasteiger charge is 2.25. The SMILES string of the molecule is CCN(CC)CCNC(C#N)C1CCCO1. The zero-order chi connectivity index (χ0) is 11.8. The van der Waals surface area contributed by atoms with Gasteiger partial charge in [-0.3, -0.25) is 5.32 Å². The summed E-state index contributed by atoms with van der Waals surface area (Å²) < 4.78 is 5.52. The molecule has 0 aliphatic carbocycles. The lowest BCUT2D eigenvalue weighted by molar-refractivity contribution is 0.0924. The second-order valence-corrected chi connectivity index (χ2v) is 4.14. The van der Waals surface area contributed by atoms with Crippen LogP contribution < -0.4 is 5.32 Å². The summed E-state index contributed by atoms with van der Waals surface area (Å²) in [5.41, 5.74) is 0. The van der Waals surface area contributed by atoms with E-state index in [0.29, 0.717) is 0 Å². The average Bonchev–Trinajstić information content (AvgIpc) is 2.83. The van der Waals surface area contributed by atoms with Gasteiger partial charge in [-0.05, 0) is 25.9 Å². The van der Waals surface area contributed by atoms with Gasteiger partial charge in [0.05, 0.1) is 12.2 Å². The summed E-state index contributed by atoms with van der Waals surface area (Å²) in [6, 6.07) is 2.16. The Balaban J connectivity index is 2.21. The number of hydrogen-bond acceptors (Lipinski definition) is 4. The zero-order valence-corrected chi connectivity index (χ0v) is 10.4. The number of likely N-dealkylation sites (N-methyl/N-ethyl adjacent to an activating group) is 1. The summed E-state index contributed by atoms with van der Waals surface area (Å²) in [6.07, 6.45) is 2.19. The lowest BCUT2D eigenvalue weighted by Crippen LogP contribution is -2.42. The van der Waals surface area contributed by atoms with E-state index in [-0.39, 0.29) is 12.1 Å². The van der Waals surface area contributed by atoms with Gasteiger partial charge in [0.1, 0.15) is 6.04 Å². The molecular formula is C12H23N3O. The predicted octanol–water partition coefficient (Wildman–Crippen LogP) is 0.989. The van der Waals surface area contributed by atoms with Crippen LogP contribution in [0.25, 0.3) is 0 Å². The first-order chi connectivity index (χ1) is 7.81. The molecule has 92 valence electrons. The minimum absolute atomic E-state index is 0.0988. The fraction of sp³-hybridized carbons (Fsp3) is 0.917. The molecule has 0 spiro atoms. The molecule has 1 N–H and O–H groups in total. The predicted molar refractivity (Wildman–Crippen MR) is 64.2 cm³/mol. The number of ether oxygens (including phenoxy) is 1. The molecule has 4 nitrogen and oxygen atoms in total. The molecule has 0 aromatic rings. The van der Waals surface area contributed by atoms with Gasteiger partial charge in [-0.1, -0.05) is 13.8 Å². The number of rotatable bonds is 7. The highest BCUT2D eigenvalue weighted by Crippen LogP contribution is 2.15. The van der Waals surface area contributed by atoms with Crippen molar-refractivity contribution in [3.05, 3.63) is 0 Å². The lowest BCUT2D eigenvalue weighted by atomic mass is 10.1. The first kappa shape index (κ1) is 13.4. The monoisotopic (exact) mass is 225 g/mol. The summed E-state index contributed by atoms with van der Waals surface area (Å²) >= 11 is 0. The van der Waals surface area contributed by atoms with Crippen molar-refractivity contribution in [1.29, 1.82) is 5.26 Å². The van der Waals surface area contributed by atoms with Crippen molar-refractivity contribution in [2.45, 2.75) is 38.8 Å². The molecule has 1 aliphatic rings. The molecular weight excluding hydrogens is 202 g/mol. The molecule has 0 aromatic heterocycles. The van der Waals surface area contributed by atoms with Crippen LogP contribution in [0.4, 0.5) is 0 Å². The highest BCUT2D eigenvalue weighted by molar-refractivity contribution is 4.97. The van der Waals surface area contributed by atoms with Crippen LogP contribution in [0.1, 0.15) is 26.7 Å². The van der Waals surface area contributed by atoms with Crippen LogP contribution in [-0.4, -0.2) is 49.8 Å². The summed E-state index contributed by atoms with van der Waals surface area (Å²) in [7, 11) is 0. The lowest BCUT2D eigenvalue weighted by Gasteiger charge is -2.21. The molecule has 1 saturated heterocycles. The topological polar surface area (TPSA) is 48.3 Å². The number of nitrogens with zero attached hydrogens (tertiary/aromatic N) is 2. The van der Waals surface area contributed by atoms with Crippen molar-refractivity contribution in [2.24, 2.45) is 0 Å². The normalized spacial score (nSPS) is 22.2. The van der Waals surface area contributed by atoms with E-state index in [2.05, 4.69) is 30.1 Å². The van der Waals surface area contributed by atoms with Gasteiger partial charge < -0.3 is 9.64 Å². The van der Waals surface area contributed by atoms with Crippen molar-refractivity contribution in [3.63, 3.8) is 0 Å². The van der Waals surface area contributed by atoms with Crippen molar-refractivity contribution in [1.82, 2.24) is 10.2 Å². The largest absolute Gasteiger partial charge is 0.375 e. The summed E-state index contributed by atoms with van der Waals surface area (Å²) in [5, 5.41) is 12.3. The molecule has 0 saturated carbocycles. The molecule has 1 fully saturated rings.